The standard InChI is InChI=1S/C20H23F3N4O/c1-13-4-6-27(7-5-13)18-3-2-15(12-25-18)19(28)26-17-9-14(11-24)8-16(10-17)20(21,22)23/h2-3,8-10,12-13H,4-7,11,24H2,1H3,(H,26,28). The van der Waals surface area contributed by atoms with Gasteiger partial charge < -0.3 is 16.0 Å². The first-order valence-corrected chi connectivity index (χ1v) is 9.20. The van der Waals surface area contributed by atoms with Gasteiger partial charge in [0.25, 0.3) is 5.91 Å². The lowest BCUT2D eigenvalue weighted by molar-refractivity contribution is -0.137. The van der Waals surface area contributed by atoms with E-state index in [-0.39, 0.29) is 23.4 Å². The van der Waals surface area contributed by atoms with Crippen LogP contribution in [0.15, 0.2) is 36.5 Å². The van der Waals surface area contributed by atoms with E-state index in [0.29, 0.717) is 5.92 Å². The lowest BCUT2D eigenvalue weighted by atomic mass is 9.99. The van der Waals surface area contributed by atoms with Crippen molar-refractivity contribution in [3.8, 4) is 0 Å². The highest BCUT2D eigenvalue weighted by atomic mass is 19.4. The van der Waals surface area contributed by atoms with Gasteiger partial charge in [-0.05, 0) is 54.7 Å². The zero-order valence-corrected chi connectivity index (χ0v) is 15.6. The summed E-state index contributed by atoms with van der Waals surface area (Å²) in [7, 11) is 0. The zero-order valence-electron chi connectivity index (χ0n) is 15.6. The molecule has 0 saturated carbocycles. The number of alkyl halides is 3. The second-order valence-corrected chi connectivity index (χ2v) is 7.15. The highest BCUT2D eigenvalue weighted by molar-refractivity contribution is 6.04. The Morgan fingerprint density at radius 3 is 2.54 bits per heavy atom. The van der Waals surface area contributed by atoms with Gasteiger partial charge in [-0.1, -0.05) is 6.92 Å². The molecular formula is C20H23F3N4O. The van der Waals surface area contributed by atoms with Gasteiger partial charge in [0.1, 0.15) is 5.82 Å². The van der Waals surface area contributed by atoms with Gasteiger partial charge in [-0.2, -0.15) is 13.2 Å². The number of nitrogens with one attached hydrogen (secondary N) is 1. The first-order chi connectivity index (χ1) is 13.3. The number of anilines is 2. The minimum absolute atomic E-state index is 0.0503. The van der Waals surface area contributed by atoms with Crippen molar-refractivity contribution in [2.75, 3.05) is 23.3 Å². The molecule has 28 heavy (non-hydrogen) atoms. The molecule has 0 atom stereocenters. The number of aromatic nitrogens is 1. The van der Waals surface area contributed by atoms with Gasteiger partial charge in [-0.25, -0.2) is 4.98 Å². The molecule has 1 aromatic heterocycles. The monoisotopic (exact) mass is 392 g/mol. The van der Waals surface area contributed by atoms with E-state index in [1.807, 2.05) is 0 Å². The molecule has 0 unspecified atom stereocenters. The summed E-state index contributed by atoms with van der Waals surface area (Å²) in [6, 6.07) is 6.71. The normalized spacial score (nSPS) is 15.5. The predicted molar refractivity (Wildman–Crippen MR) is 102 cm³/mol. The maximum absolute atomic E-state index is 13.0. The van der Waals surface area contributed by atoms with Crippen LogP contribution in [0.25, 0.3) is 0 Å². The Bertz CT molecular complexity index is 828. The fourth-order valence-electron chi connectivity index (χ4n) is 3.19. The van der Waals surface area contributed by atoms with Crippen LogP contribution in [-0.2, 0) is 12.7 Å². The van der Waals surface area contributed by atoms with Crippen LogP contribution in [-0.4, -0.2) is 24.0 Å². The number of benzene rings is 1. The second-order valence-electron chi connectivity index (χ2n) is 7.15. The third kappa shape index (κ3) is 4.81. The fraction of sp³-hybridized carbons (Fsp3) is 0.400. The van der Waals surface area contributed by atoms with Crippen molar-refractivity contribution in [3.05, 3.63) is 53.2 Å². The lowest BCUT2D eigenvalue weighted by Crippen LogP contribution is -2.33. The number of amides is 1. The summed E-state index contributed by atoms with van der Waals surface area (Å²) in [4.78, 5) is 18.9. The number of nitrogens with zero attached hydrogens (tertiary/aromatic N) is 2. The second kappa shape index (κ2) is 8.18. The molecule has 0 radical (unpaired) electrons. The van der Waals surface area contributed by atoms with Crippen molar-refractivity contribution >= 4 is 17.4 Å². The van der Waals surface area contributed by atoms with Crippen LogP contribution in [0.2, 0.25) is 0 Å². The molecule has 0 bridgehead atoms. The number of piperidine rings is 1. The van der Waals surface area contributed by atoms with Gasteiger partial charge >= 0.3 is 6.18 Å². The summed E-state index contributed by atoms with van der Waals surface area (Å²) in [5, 5.41) is 2.50. The van der Waals surface area contributed by atoms with E-state index in [4.69, 9.17) is 5.73 Å². The van der Waals surface area contributed by atoms with E-state index in [1.165, 1.54) is 12.3 Å². The quantitative estimate of drug-likeness (QED) is 0.824. The van der Waals surface area contributed by atoms with Crippen molar-refractivity contribution in [1.29, 1.82) is 0 Å². The summed E-state index contributed by atoms with van der Waals surface area (Å²) in [5.41, 5.74) is 5.24. The van der Waals surface area contributed by atoms with Gasteiger partial charge in [0.2, 0.25) is 0 Å². The Labute approximate surface area is 161 Å². The SMILES string of the molecule is CC1CCN(c2ccc(C(=O)Nc3cc(CN)cc(C(F)(F)F)c3)cn2)CC1. The van der Waals surface area contributed by atoms with Crippen molar-refractivity contribution in [2.24, 2.45) is 11.7 Å². The maximum atomic E-state index is 13.0. The topological polar surface area (TPSA) is 71.2 Å². The fourth-order valence-corrected chi connectivity index (χ4v) is 3.19. The van der Waals surface area contributed by atoms with E-state index in [9.17, 15) is 18.0 Å². The molecule has 1 aliphatic heterocycles. The summed E-state index contributed by atoms with van der Waals surface area (Å²) < 4.78 is 39.1. The molecule has 3 N–H and O–H groups in total. The summed E-state index contributed by atoms with van der Waals surface area (Å²) >= 11 is 0. The summed E-state index contributed by atoms with van der Waals surface area (Å²) in [6.07, 6.45) is -0.869. The van der Waals surface area contributed by atoms with Gasteiger partial charge in [0, 0.05) is 31.5 Å². The molecule has 5 nitrogen and oxygen atoms in total. The molecule has 0 spiro atoms. The molecule has 1 saturated heterocycles. The van der Waals surface area contributed by atoms with Crippen LogP contribution in [0.4, 0.5) is 24.7 Å². The van der Waals surface area contributed by atoms with Gasteiger partial charge in [-0.3, -0.25) is 4.79 Å². The molecule has 0 aliphatic carbocycles. The third-order valence-corrected chi connectivity index (χ3v) is 4.93. The van der Waals surface area contributed by atoms with E-state index in [0.717, 1.165) is 43.9 Å². The van der Waals surface area contributed by atoms with Gasteiger partial charge in [0.15, 0.2) is 0 Å². The molecule has 8 heteroatoms. The molecule has 1 amide bonds. The van der Waals surface area contributed by atoms with Crippen molar-refractivity contribution in [2.45, 2.75) is 32.5 Å². The Balaban J connectivity index is 1.73. The number of hydrogen-bond donors (Lipinski definition) is 2. The molecule has 2 aromatic rings. The number of pyridine rings is 1. The maximum Gasteiger partial charge on any atom is 0.416 e. The average Bonchev–Trinajstić information content (AvgIpc) is 2.67. The Kier molecular flexibility index (Phi) is 5.88. The third-order valence-electron chi connectivity index (χ3n) is 4.93. The van der Waals surface area contributed by atoms with E-state index in [1.54, 1.807) is 12.1 Å². The van der Waals surface area contributed by atoms with Gasteiger partial charge in [0.05, 0.1) is 11.1 Å². The van der Waals surface area contributed by atoms with E-state index >= 15 is 0 Å². The molecular weight excluding hydrogens is 369 g/mol. The first kappa shape index (κ1) is 20.1. The highest BCUT2D eigenvalue weighted by Gasteiger charge is 2.31. The van der Waals surface area contributed by atoms with Crippen LogP contribution >= 0.6 is 0 Å². The number of halogens is 3. The highest BCUT2D eigenvalue weighted by Crippen LogP contribution is 2.32. The minimum Gasteiger partial charge on any atom is -0.357 e. The smallest absolute Gasteiger partial charge is 0.357 e. The summed E-state index contributed by atoms with van der Waals surface area (Å²) in [6.45, 7) is 4.01. The molecule has 1 fully saturated rings. The number of rotatable bonds is 4. The Morgan fingerprint density at radius 2 is 1.96 bits per heavy atom. The van der Waals surface area contributed by atoms with Crippen molar-refractivity contribution < 1.29 is 18.0 Å². The largest absolute Gasteiger partial charge is 0.416 e. The average molecular weight is 392 g/mol. The van der Waals surface area contributed by atoms with Crippen LogP contribution in [0.3, 0.4) is 0 Å². The van der Waals surface area contributed by atoms with Crippen LogP contribution in [0.1, 0.15) is 41.3 Å². The number of hydrogen-bond acceptors (Lipinski definition) is 4. The Hall–Kier alpha value is -2.61. The van der Waals surface area contributed by atoms with Crippen LogP contribution < -0.4 is 16.0 Å². The van der Waals surface area contributed by atoms with Crippen LogP contribution in [0.5, 0.6) is 0 Å². The van der Waals surface area contributed by atoms with Crippen molar-refractivity contribution in [1.82, 2.24) is 4.98 Å². The molecule has 1 aliphatic rings. The summed E-state index contributed by atoms with van der Waals surface area (Å²) in [5.74, 6) is 0.980. The minimum atomic E-state index is -4.51. The number of carbonyl (C=O) groups is 1. The van der Waals surface area contributed by atoms with Gasteiger partial charge in [-0.15, -0.1) is 0 Å². The molecule has 3 rings (SSSR count). The lowest BCUT2D eigenvalue weighted by Gasteiger charge is -2.31. The van der Waals surface area contributed by atoms with Crippen molar-refractivity contribution in [3.63, 3.8) is 0 Å². The molecule has 2 heterocycles. The molecule has 1 aromatic carbocycles. The first-order valence-electron chi connectivity index (χ1n) is 9.20. The zero-order chi connectivity index (χ0) is 20.3. The molecule has 150 valence electrons. The predicted octanol–water partition coefficient (Wildman–Crippen LogP) is 4.05. The number of nitrogens with two attached hydrogens (primary N) is 1. The van der Waals surface area contributed by atoms with Crippen LogP contribution in [0, 0.1) is 5.92 Å². The Morgan fingerprint density at radius 1 is 1.25 bits per heavy atom. The number of carbonyl (C=O) groups excluding carboxylic acids is 1. The van der Waals surface area contributed by atoms with E-state index < -0.39 is 17.6 Å². The van der Waals surface area contributed by atoms with E-state index in [2.05, 4.69) is 22.1 Å².